The molecule has 3 N–H and O–H groups in total. The van der Waals surface area contributed by atoms with Gasteiger partial charge in [-0.2, -0.15) is 4.48 Å². The number of rotatable bonds is 1. The summed E-state index contributed by atoms with van der Waals surface area (Å²) in [7, 11) is 0. The first-order chi connectivity index (χ1) is 10.0. The third-order valence-corrected chi connectivity index (χ3v) is 5.70. The Morgan fingerprint density at radius 3 is 2.82 bits per heavy atom. The molecule has 4 radical (unpaired) electrons. The van der Waals surface area contributed by atoms with Crippen molar-refractivity contribution in [3.63, 3.8) is 0 Å². The van der Waals surface area contributed by atoms with E-state index >= 15 is 0 Å². The molecule has 5 unspecified atom stereocenters. The summed E-state index contributed by atoms with van der Waals surface area (Å²) in [6.07, 6.45) is 16.8. The fourth-order valence-electron chi connectivity index (χ4n) is 4.38. The van der Waals surface area contributed by atoms with E-state index in [0.29, 0.717) is 12.0 Å². The van der Waals surface area contributed by atoms with Crippen LogP contribution in [0, 0.1) is 11.3 Å². The van der Waals surface area contributed by atoms with Gasteiger partial charge in [0.1, 0.15) is 18.4 Å². The molecule has 2 amide bonds. The SMILES string of the molecule is CC12C=CC=CC1=C[N+](C(N)=O)(C1CC3CNC1C3)C=C2.[Sn]. The molecule has 2 aliphatic carbocycles. The number of nitrogens with two attached hydrogens (primary N) is 1. The normalized spacial score (nSPS) is 44.4. The van der Waals surface area contributed by atoms with Crippen molar-refractivity contribution in [3.05, 3.63) is 48.4 Å². The maximum absolute atomic E-state index is 12.3. The molecule has 4 aliphatic rings. The summed E-state index contributed by atoms with van der Waals surface area (Å²) in [5, 5.41) is 3.55. The van der Waals surface area contributed by atoms with Crippen LogP contribution >= 0.6 is 0 Å². The van der Waals surface area contributed by atoms with Gasteiger partial charge in [-0.05, 0) is 31.9 Å². The van der Waals surface area contributed by atoms with Gasteiger partial charge in [0, 0.05) is 41.3 Å². The molecule has 2 aliphatic heterocycles. The van der Waals surface area contributed by atoms with Crippen molar-refractivity contribution < 1.29 is 9.28 Å². The Balaban J connectivity index is 0.00000144. The topological polar surface area (TPSA) is 55.1 Å². The number of nitrogens with one attached hydrogen (secondary N) is 1. The number of primary amides is 1. The molecule has 2 heterocycles. The molecular formula is C17H22N3OSn+. The second kappa shape index (κ2) is 5.35. The van der Waals surface area contributed by atoms with Crippen LogP contribution in [-0.4, -0.2) is 53.1 Å². The van der Waals surface area contributed by atoms with E-state index in [2.05, 4.69) is 42.7 Å². The molecule has 0 aromatic rings. The third-order valence-electron chi connectivity index (χ3n) is 5.70. The largest absolute Gasteiger partial charge is 0.423 e. The van der Waals surface area contributed by atoms with Crippen molar-refractivity contribution in [1.82, 2.24) is 5.32 Å². The molecule has 114 valence electrons. The van der Waals surface area contributed by atoms with Crippen LogP contribution in [0.2, 0.25) is 0 Å². The minimum atomic E-state index is -0.275. The maximum Gasteiger partial charge on any atom is 0.423 e. The number of carbonyl (C=O) groups is 1. The van der Waals surface area contributed by atoms with Crippen molar-refractivity contribution in [2.24, 2.45) is 17.1 Å². The number of quaternary nitrogens is 1. The van der Waals surface area contributed by atoms with Crippen molar-refractivity contribution in [2.75, 3.05) is 6.54 Å². The van der Waals surface area contributed by atoms with Gasteiger partial charge in [-0.3, -0.25) is 0 Å². The van der Waals surface area contributed by atoms with Gasteiger partial charge in [-0.25, -0.2) is 4.79 Å². The van der Waals surface area contributed by atoms with Crippen LogP contribution < -0.4 is 11.1 Å². The zero-order valence-electron chi connectivity index (χ0n) is 12.8. The Morgan fingerprint density at radius 1 is 1.36 bits per heavy atom. The summed E-state index contributed by atoms with van der Waals surface area (Å²) in [5.74, 6) is 0.691. The van der Waals surface area contributed by atoms with E-state index < -0.39 is 0 Å². The van der Waals surface area contributed by atoms with E-state index in [0.717, 1.165) is 18.5 Å². The molecule has 0 aromatic carbocycles. The van der Waals surface area contributed by atoms with Gasteiger partial charge >= 0.3 is 6.03 Å². The van der Waals surface area contributed by atoms with Crippen LogP contribution in [0.4, 0.5) is 4.79 Å². The molecule has 2 bridgehead atoms. The number of urea groups is 1. The molecule has 22 heavy (non-hydrogen) atoms. The smallest absolute Gasteiger partial charge is 0.318 e. The van der Waals surface area contributed by atoms with Crippen molar-refractivity contribution in [3.8, 4) is 0 Å². The molecule has 4 nitrogen and oxygen atoms in total. The van der Waals surface area contributed by atoms with Crippen LogP contribution in [-0.2, 0) is 0 Å². The first kappa shape index (κ1) is 16.0. The van der Waals surface area contributed by atoms with Crippen molar-refractivity contribution >= 4 is 29.9 Å². The summed E-state index contributed by atoms with van der Waals surface area (Å²) < 4.78 is 0.164. The maximum atomic E-state index is 12.3. The third kappa shape index (κ3) is 2.15. The number of amides is 2. The molecule has 1 saturated heterocycles. The number of fused-ring (bicyclic) bond motifs is 3. The quantitative estimate of drug-likeness (QED) is 0.519. The number of hydrogen-bond donors (Lipinski definition) is 2. The minimum absolute atomic E-state index is 0. The van der Waals surface area contributed by atoms with Gasteiger partial charge in [-0.15, -0.1) is 0 Å². The van der Waals surface area contributed by atoms with Crippen LogP contribution in [0.5, 0.6) is 0 Å². The van der Waals surface area contributed by atoms with Gasteiger partial charge in [0.25, 0.3) is 0 Å². The van der Waals surface area contributed by atoms with E-state index in [1.807, 2.05) is 12.3 Å². The molecular weight excluding hydrogens is 381 g/mol. The van der Waals surface area contributed by atoms with Crippen LogP contribution in [0.3, 0.4) is 0 Å². The monoisotopic (exact) mass is 404 g/mol. The van der Waals surface area contributed by atoms with E-state index in [1.165, 1.54) is 6.42 Å². The fourth-order valence-corrected chi connectivity index (χ4v) is 4.38. The molecule has 4 rings (SSSR count). The summed E-state index contributed by atoms with van der Waals surface area (Å²) in [4.78, 5) is 12.3. The van der Waals surface area contributed by atoms with Gasteiger partial charge in [0.2, 0.25) is 0 Å². The van der Waals surface area contributed by atoms with E-state index in [4.69, 9.17) is 5.73 Å². The van der Waals surface area contributed by atoms with Crippen LogP contribution in [0.25, 0.3) is 0 Å². The average molecular weight is 403 g/mol. The number of carbonyl (C=O) groups excluding carboxylic acids is 1. The standard InChI is InChI=1S/C17H21N3O.Sn/c1-17-5-3-2-4-13(17)11-20(7-6-17,16(18)21)15-9-12-8-14(15)19-10-12;/h2-7,11-12,14-15,19H,8-10H2,1H3,(H-,18,21);/p+1. The van der Waals surface area contributed by atoms with Crippen molar-refractivity contribution in [1.29, 1.82) is 0 Å². The average Bonchev–Trinajstić information content (AvgIpc) is 3.09. The number of allylic oxidation sites excluding steroid dienone is 6. The van der Waals surface area contributed by atoms with Gasteiger partial charge in [0.15, 0.2) is 0 Å². The Hall–Kier alpha value is -0.851. The molecule has 5 atom stereocenters. The summed E-state index contributed by atoms with van der Waals surface area (Å²) in [5.41, 5.74) is 6.89. The van der Waals surface area contributed by atoms with E-state index in [9.17, 15) is 4.79 Å². The Kier molecular flexibility index (Phi) is 3.90. The summed E-state index contributed by atoms with van der Waals surface area (Å²) in [6, 6.07) is 0.355. The first-order valence-electron chi connectivity index (χ1n) is 7.75. The van der Waals surface area contributed by atoms with Gasteiger partial charge in [-0.1, -0.05) is 24.3 Å². The number of nitrogens with zero attached hydrogens (tertiary/aromatic N) is 1. The first-order valence-corrected chi connectivity index (χ1v) is 7.75. The zero-order chi connectivity index (χ0) is 14.7. The van der Waals surface area contributed by atoms with E-state index in [1.54, 1.807) is 0 Å². The molecule has 5 heteroatoms. The molecule has 1 saturated carbocycles. The number of piperidine rings is 1. The van der Waals surface area contributed by atoms with Crippen LogP contribution in [0.1, 0.15) is 19.8 Å². The second-order valence-corrected chi connectivity index (χ2v) is 6.99. The van der Waals surface area contributed by atoms with Crippen molar-refractivity contribution in [2.45, 2.75) is 31.8 Å². The Bertz CT molecular complexity index is 623. The predicted octanol–water partition coefficient (Wildman–Crippen LogP) is 1.80. The Labute approximate surface area is 148 Å². The molecule has 0 spiro atoms. The van der Waals surface area contributed by atoms with Gasteiger partial charge < -0.3 is 11.1 Å². The minimum Gasteiger partial charge on any atom is -0.318 e. The van der Waals surface area contributed by atoms with Crippen LogP contribution in [0.15, 0.2) is 48.4 Å². The summed E-state index contributed by atoms with van der Waals surface area (Å²) in [6.45, 7) is 3.25. The van der Waals surface area contributed by atoms with Gasteiger partial charge in [0.05, 0.1) is 6.04 Å². The zero-order valence-corrected chi connectivity index (χ0v) is 15.7. The predicted molar refractivity (Wildman–Crippen MR) is 87.5 cm³/mol. The molecule has 0 aromatic heterocycles. The molecule has 2 fully saturated rings. The van der Waals surface area contributed by atoms with E-state index in [-0.39, 0.29) is 45.9 Å². The summed E-state index contributed by atoms with van der Waals surface area (Å²) >= 11 is 0. The number of hydrogen-bond acceptors (Lipinski definition) is 2. The Morgan fingerprint density at radius 2 is 2.18 bits per heavy atom. The fraction of sp³-hybridized carbons (Fsp3) is 0.471. The second-order valence-electron chi connectivity index (χ2n) is 6.99.